The number of guanidine groups is 2. The van der Waals surface area contributed by atoms with Crippen LogP contribution in [0.3, 0.4) is 0 Å². The Balaban J connectivity index is 1.35. The summed E-state index contributed by atoms with van der Waals surface area (Å²) in [5.41, 5.74) is 9.68. The minimum Gasteiger partial charge on any atom is -0.369 e. The van der Waals surface area contributed by atoms with Crippen molar-refractivity contribution in [2.75, 3.05) is 66.5 Å². The molecule has 206 valence electrons. The summed E-state index contributed by atoms with van der Waals surface area (Å²) in [7, 11) is 4.23. The topological polar surface area (TPSA) is 89.7 Å². The fourth-order valence-corrected chi connectivity index (χ4v) is 4.83. The quantitative estimate of drug-likeness (QED) is 0.407. The summed E-state index contributed by atoms with van der Waals surface area (Å²) < 4.78 is 19.8. The van der Waals surface area contributed by atoms with Crippen molar-refractivity contribution < 1.29 is 8.91 Å². The largest absolute Gasteiger partial charge is 0.369 e. The summed E-state index contributed by atoms with van der Waals surface area (Å²) in [5.74, 6) is 1.15. The molecule has 0 aliphatic carbocycles. The predicted octanol–water partition coefficient (Wildman–Crippen LogP) is 3.43. The van der Waals surface area contributed by atoms with Crippen molar-refractivity contribution in [3.8, 4) is 11.1 Å². The van der Waals surface area contributed by atoms with Crippen molar-refractivity contribution in [3.05, 3.63) is 71.7 Å². The van der Waals surface area contributed by atoms with E-state index in [4.69, 9.17) is 20.2 Å². The molecule has 2 fully saturated rings. The second-order valence-corrected chi connectivity index (χ2v) is 10.4. The van der Waals surface area contributed by atoms with Crippen LogP contribution in [0.1, 0.15) is 24.1 Å². The average Bonchev–Trinajstić information content (AvgIpc) is 3.42. The summed E-state index contributed by atoms with van der Waals surface area (Å²) in [6.45, 7) is 9.08. The smallest absolute Gasteiger partial charge is 0.253 e. The highest BCUT2D eigenvalue weighted by molar-refractivity contribution is 5.95. The van der Waals surface area contributed by atoms with Crippen molar-refractivity contribution in [1.29, 1.82) is 0 Å². The molecule has 0 bridgehead atoms. The second kappa shape index (κ2) is 12.0. The summed E-state index contributed by atoms with van der Waals surface area (Å²) >= 11 is 0. The first-order valence-electron chi connectivity index (χ1n) is 13.5. The van der Waals surface area contributed by atoms with Crippen molar-refractivity contribution in [2.45, 2.75) is 12.8 Å². The molecule has 9 nitrogen and oxygen atoms in total. The first-order valence-corrected chi connectivity index (χ1v) is 13.5. The Hall–Kier alpha value is -3.76. The van der Waals surface area contributed by atoms with E-state index >= 15 is 0 Å². The standard InChI is InChI=1S/C29H37FN8O/c1-21(22-8-10-23(11-9-22)24-6-4-5-7-25(24)30)26-20-27(39-34-26)32-29(38-18-14-36(3)15-19-38)33-28(31)37-16-12-35(2)13-17-37/h4-11,20-21H,12-19H2,1-3H3,(H2,31,32,33). The Morgan fingerprint density at radius 3 is 2.15 bits per heavy atom. The van der Waals surface area contributed by atoms with E-state index in [1.807, 2.05) is 36.4 Å². The van der Waals surface area contributed by atoms with Gasteiger partial charge < -0.3 is 29.9 Å². The normalized spacial score (nSPS) is 19.0. The van der Waals surface area contributed by atoms with Gasteiger partial charge in [-0.05, 0) is 31.3 Å². The molecule has 2 N–H and O–H groups in total. The van der Waals surface area contributed by atoms with E-state index in [1.165, 1.54) is 6.07 Å². The third kappa shape index (κ3) is 6.46. The maximum Gasteiger partial charge on any atom is 0.253 e. The summed E-state index contributed by atoms with van der Waals surface area (Å²) in [6, 6.07) is 16.5. The average molecular weight is 533 g/mol. The van der Waals surface area contributed by atoms with Gasteiger partial charge in [0.15, 0.2) is 5.96 Å². The van der Waals surface area contributed by atoms with Gasteiger partial charge in [-0.1, -0.05) is 54.5 Å². The molecule has 2 aromatic carbocycles. The number of hydrogen-bond acceptors (Lipinski definition) is 5. The van der Waals surface area contributed by atoms with Crippen LogP contribution >= 0.6 is 0 Å². The van der Waals surface area contributed by atoms with Crippen LogP contribution < -0.4 is 5.73 Å². The van der Waals surface area contributed by atoms with E-state index in [1.54, 1.807) is 12.1 Å². The molecular formula is C29H37FN8O. The monoisotopic (exact) mass is 532 g/mol. The molecule has 0 spiro atoms. The number of nitrogens with two attached hydrogens (primary N) is 1. The molecule has 2 saturated heterocycles. The molecule has 2 aliphatic rings. The number of nitrogens with zero attached hydrogens (tertiary/aromatic N) is 7. The van der Waals surface area contributed by atoms with Crippen LogP contribution in [0, 0.1) is 5.82 Å². The lowest BCUT2D eigenvalue weighted by Crippen LogP contribution is -2.51. The molecule has 0 amide bonds. The van der Waals surface area contributed by atoms with E-state index in [9.17, 15) is 4.39 Å². The minimum atomic E-state index is -0.232. The highest BCUT2D eigenvalue weighted by atomic mass is 19.1. The van der Waals surface area contributed by atoms with Crippen LogP contribution in [0.2, 0.25) is 0 Å². The maximum atomic E-state index is 14.2. The van der Waals surface area contributed by atoms with Gasteiger partial charge in [0.25, 0.3) is 5.88 Å². The third-order valence-electron chi connectivity index (χ3n) is 7.59. The molecule has 1 atom stereocenters. The van der Waals surface area contributed by atoms with Gasteiger partial charge in [-0.2, -0.15) is 9.98 Å². The lowest BCUT2D eigenvalue weighted by atomic mass is 9.95. The number of aliphatic imine (C=N–C) groups is 2. The zero-order chi connectivity index (χ0) is 27.4. The van der Waals surface area contributed by atoms with Gasteiger partial charge in [0.1, 0.15) is 5.82 Å². The molecule has 5 rings (SSSR count). The van der Waals surface area contributed by atoms with Gasteiger partial charge in [-0.3, -0.25) is 0 Å². The van der Waals surface area contributed by atoms with Gasteiger partial charge in [0, 0.05) is 69.9 Å². The highest BCUT2D eigenvalue weighted by Gasteiger charge is 2.22. The molecule has 3 heterocycles. The van der Waals surface area contributed by atoms with Crippen LogP contribution in [0.15, 0.2) is 69.1 Å². The van der Waals surface area contributed by atoms with Crippen molar-refractivity contribution in [2.24, 2.45) is 15.7 Å². The molecular weight excluding hydrogens is 495 g/mol. The van der Waals surface area contributed by atoms with E-state index in [2.05, 4.69) is 45.8 Å². The molecule has 3 aromatic rings. The lowest BCUT2D eigenvalue weighted by Gasteiger charge is -2.35. The van der Waals surface area contributed by atoms with E-state index < -0.39 is 0 Å². The van der Waals surface area contributed by atoms with Gasteiger partial charge in [0.05, 0.1) is 5.69 Å². The van der Waals surface area contributed by atoms with Crippen molar-refractivity contribution in [1.82, 2.24) is 24.8 Å². The molecule has 1 unspecified atom stereocenters. The number of rotatable bonds is 4. The minimum absolute atomic E-state index is 0.0293. The van der Waals surface area contributed by atoms with Gasteiger partial charge >= 0.3 is 0 Å². The maximum absolute atomic E-state index is 14.2. The number of benzene rings is 2. The van der Waals surface area contributed by atoms with Crippen LogP contribution in [-0.2, 0) is 0 Å². The summed E-state index contributed by atoms with van der Waals surface area (Å²) in [4.78, 5) is 18.4. The molecule has 0 radical (unpaired) electrons. The van der Waals surface area contributed by atoms with Gasteiger partial charge in [-0.15, -0.1) is 0 Å². The molecule has 0 saturated carbocycles. The number of halogens is 1. The van der Waals surface area contributed by atoms with E-state index in [0.717, 1.165) is 69.2 Å². The van der Waals surface area contributed by atoms with E-state index in [0.29, 0.717) is 23.4 Å². The predicted molar refractivity (Wildman–Crippen MR) is 153 cm³/mol. The Bertz CT molecular complexity index is 1300. The fourth-order valence-electron chi connectivity index (χ4n) is 4.83. The first-order chi connectivity index (χ1) is 18.9. The molecule has 2 aliphatic heterocycles. The highest BCUT2D eigenvalue weighted by Crippen LogP contribution is 2.29. The van der Waals surface area contributed by atoms with Crippen molar-refractivity contribution in [3.63, 3.8) is 0 Å². The first kappa shape index (κ1) is 26.8. The van der Waals surface area contributed by atoms with Gasteiger partial charge in [0.2, 0.25) is 5.96 Å². The summed E-state index contributed by atoms with van der Waals surface area (Å²) in [5, 5.41) is 4.31. The zero-order valence-corrected chi connectivity index (χ0v) is 22.9. The fraction of sp³-hybridized carbons (Fsp3) is 0.414. The Morgan fingerprint density at radius 1 is 0.897 bits per heavy atom. The number of likely N-dealkylation sites (N-methyl/N-ethyl adjacent to an activating group) is 2. The Kier molecular flexibility index (Phi) is 8.23. The Labute approximate surface area is 229 Å². The number of aromatic nitrogens is 1. The number of piperazine rings is 2. The lowest BCUT2D eigenvalue weighted by molar-refractivity contribution is 0.210. The van der Waals surface area contributed by atoms with Crippen LogP contribution in [0.4, 0.5) is 10.3 Å². The molecule has 1 aromatic heterocycles. The van der Waals surface area contributed by atoms with Crippen LogP contribution in [0.25, 0.3) is 11.1 Å². The van der Waals surface area contributed by atoms with Crippen LogP contribution in [0.5, 0.6) is 0 Å². The Morgan fingerprint density at radius 2 is 1.51 bits per heavy atom. The van der Waals surface area contributed by atoms with Gasteiger partial charge in [-0.25, -0.2) is 4.39 Å². The summed E-state index contributed by atoms with van der Waals surface area (Å²) in [6.07, 6.45) is 0. The van der Waals surface area contributed by atoms with E-state index in [-0.39, 0.29) is 11.7 Å². The number of hydrogen-bond donors (Lipinski definition) is 1. The third-order valence-corrected chi connectivity index (χ3v) is 7.59. The molecule has 39 heavy (non-hydrogen) atoms. The van der Waals surface area contributed by atoms with Crippen LogP contribution in [-0.4, -0.2) is 103 Å². The molecule has 10 heteroatoms. The SMILES string of the molecule is CC(c1ccc(-c2ccccc2F)cc1)c1cc(/N=C(\N=C(/N)N2CCN(C)CC2)N2CCN(C)CC2)on1. The zero-order valence-electron chi connectivity index (χ0n) is 22.9. The second-order valence-electron chi connectivity index (χ2n) is 10.4. The van der Waals surface area contributed by atoms with Crippen molar-refractivity contribution >= 4 is 17.8 Å².